The molecule has 0 aliphatic heterocycles. The van der Waals surface area contributed by atoms with Gasteiger partial charge in [0.1, 0.15) is 12.2 Å². The van der Waals surface area contributed by atoms with Crippen LogP contribution in [0.4, 0.5) is 0 Å². The molecule has 120 valence electrons. The molecule has 3 aromatic heterocycles. The molecule has 6 nitrogen and oxygen atoms in total. The van der Waals surface area contributed by atoms with Gasteiger partial charge in [0, 0.05) is 6.20 Å². The standard InChI is InChI=1S/C19H13N5O/c25-18-12(19-22-13-8-9-20-10-15(13)23-19)4-3-7-17(18)24-11-21-14-5-1-2-6-16(14)24/h1-11,25H,(H,22,23). The average molecular weight is 327 g/mol. The summed E-state index contributed by atoms with van der Waals surface area (Å²) in [5.74, 6) is 0.754. The third-order valence-corrected chi connectivity index (χ3v) is 4.27. The van der Waals surface area contributed by atoms with Crippen LogP contribution in [0.15, 0.2) is 67.3 Å². The molecule has 0 atom stereocenters. The van der Waals surface area contributed by atoms with E-state index in [9.17, 15) is 5.11 Å². The highest BCUT2D eigenvalue weighted by molar-refractivity contribution is 5.83. The minimum absolute atomic E-state index is 0.151. The quantitative estimate of drug-likeness (QED) is 0.518. The molecule has 0 aliphatic rings. The van der Waals surface area contributed by atoms with E-state index in [4.69, 9.17) is 0 Å². The van der Waals surface area contributed by atoms with Crippen molar-refractivity contribution in [2.45, 2.75) is 0 Å². The maximum Gasteiger partial charge on any atom is 0.150 e. The average Bonchev–Trinajstić information content (AvgIpc) is 3.26. The number of benzene rings is 2. The van der Waals surface area contributed by atoms with E-state index in [1.165, 1.54) is 0 Å². The first-order valence-corrected chi connectivity index (χ1v) is 7.86. The Bertz CT molecular complexity index is 1190. The molecule has 25 heavy (non-hydrogen) atoms. The van der Waals surface area contributed by atoms with Gasteiger partial charge in [-0.15, -0.1) is 0 Å². The van der Waals surface area contributed by atoms with Gasteiger partial charge in [0.25, 0.3) is 0 Å². The van der Waals surface area contributed by atoms with Gasteiger partial charge in [-0.3, -0.25) is 9.55 Å². The lowest BCUT2D eigenvalue weighted by Gasteiger charge is -2.10. The number of nitrogens with one attached hydrogen (secondary N) is 1. The number of nitrogens with zero attached hydrogens (tertiary/aromatic N) is 4. The molecule has 2 aromatic carbocycles. The van der Waals surface area contributed by atoms with Gasteiger partial charge in [0.2, 0.25) is 0 Å². The fraction of sp³-hybridized carbons (Fsp3) is 0. The van der Waals surface area contributed by atoms with Gasteiger partial charge >= 0.3 is 0 Å². The Morgan fingerprint density at radius 2 is 1.88 bits per heavy atom. The maximum absolute atomic E-state index is 10.9. The maximum atomic E-state index is 10.9. The van der Waals surface area contributed by atoms with Crippen LogP contribution in [-0.2, 0) is 0 Å². The fourth-order valence-electron chi connectivity index (χ4n) is 3.05. The van der Waals surface area contributed by atoms with Crippen LogP contribution in [0.1, 0.15) is 0 Å². The summed E-state index contributed by atoms with van der Waals surface area (Å²) in [6.07, 6.45) is 5.13. The predicted molar refractivity (Wildman–Crippen MR) is 95.6 cm³/mol. The molecular weight excluding hydrogens is 314 g/mol. The Balaban J connectivity index is 1.72. The molecule has 0 fully saturated rings. The minimum Gasteiger partial charge on any atom is -0.505 e. The SMILES string of the molecule is Oc1c(-c2nc3ccncc3[nH]2)cccc1-n1cnc2ccccc21. The number of aromatic nitrogens is 5. The van der Waals surface area contributed by atoms with Crippen molar-refractivity contribution in [1.29, 1.82) is 0 Å². The lowest BCUT2D eigenvalue weighted by atomic mass is 10.1. The first-order chi connectivity index (χ1) is 12.3. The molecule has 0 saturated heterocycles. The van der Waals surface area contributed by atoms with Gasteiger partial charge in [0.05, 0.1) is 39.5 Å². The number of phenols is 1. The summed E-state index contributed by atoms with van der Waals surface area (Å²) in [4.78, 5) is 16.2. The normalized spacial score (nSPS) is 11.4. The van der Waals surface area contributed by atoms with E-state index in [-0.39, 0.29) is 5.75 Å². The first kappa shape index (κ1) is 13.7. The topological polar surface area (TPSA) is 79.6 Å². The number of H-pyrrole nitrogens is 1. The van der Waals surface area contributed by atoms with Crippen molar-refractivity contribution in [2.75, 3.05) is 0 Å². The molecule has 3 heterocycles. The first-order valence-electron chi connectivity index (χ1n) is 7.86. The largest absolute Gasteiger partial charge is 0.505 e. The van der Waals surface area contributed by atoms with E-state index < -0.39 is 0 Å². The number of pyridine rings is 1. The third-order valence-electron chi connectivity index (χ3n) is 4.27. The van der Waals surface area contributed by atoms with E-state index in [1.54, 1.807) is 18.7 Å². The number of aromatic amines is 1. The van der Waals surface area contributed by atoms with Crippen molar-refractivity contribution in [3.8, 4) is 22.8 Å². The van der Waals surface area contributed by atoms with Crippen LogP contribution in [0, 0.1) is 0 Å². The second-order valence-electron chi connectivity index (χ2n) is 5.75. The lowest BCUT2D eigenvalue weighted by molar-refractivity contribution is 0.474. The zero-order valence-electron chi connectivity index (χ0n) is 13.1. The van der Waals surface area contributed by atoms with E-state index in [2.05, 4.69) is 19.9 Å². The van der Waals surface area contributed by atoms with Crippen molar-refractivity contribution < 1.29 is 5.11 Å². The van der Waals surface area contributed by atoms with Gasteiger partial charge in [-0.2, -0.15) is 0 Å². The zero-order chi connectivity index (χ0) is 16.8. The van der Waals surface area contributed by atoms with E-state index in [0.717, 1.165) is 22.1 Å². The highest BCUT2D eigenvalue weighted by Crippen LogP contribution is 2.34. The molecule has 0 bridgehead atoms. The Hall–Kier alpha value is -3.67. The summed E-state index contributed by atoms with van der Waals surface area (Å²) in [5, 5.41) is 10.9. The molecule has 0 aliphatic carbocycles. The van der Waals surface area contributed by atoms with Crippen LogP contribution in [0.2, 0.25) is 0 Å². The van der Waals surface area contributed by atoms with Crippen molar-refractivity contribution >= 4 is 22.1 Å². The summed E-state index contributed by atoms with van der Waals surface area (Å²) in [5.41, 5.74) is 4.74. The highest BCUT2D eigenvalue weighted by atomic mass is 16.3. The van der Waals surface area contributed by atoms with E-state index in [0.29, 0.717) is 17.1 Å². The summed E-state index contributed by atoms with van der Waals surface area (Å²) in [6.45, 7) is 0. The highest BCUT2D eigenvalue weighted by Gasteiger charge is 2.15. The van der Waals surface area contributed by atoms with Crippen LogP contribution in [0.3, 0.4) is 0 Å². The molecule has 5 rings (SSSR count). The van der Waals surface area contributed by atoms with Gasteiger partial charge in [-0.1, -0.05) is 18.2 Å². The molecule has 0 unspecified atom stereocenters. The lowest BCUT2D eigenvalue weighted by Crippen LogP contribution is -1.94. The molecule has 0 spiro atoms. The number of hydrogen-bond acceptors (Lipinski definition) is 4. The smallest absolute Gasteiger partial charge is 0.150 e. The second-order valence-corrected chi connectivity index (χ2v) is 5.75. The summed E-state index contributed by atoms with van der Waals surface area (Å²) in [7, 11) is 0. The summed E-state index contributed by atoms with van der Waals surface area (Å²) < 4.78 is 1.87. The molecule has 0 amide bonds. The van der Waals surface area contributed by atoms with Crippen LogP contribution >= 0.6 is 0 Å². The molecule has 2 N–H and O–H groups in total. The molecule has 0 radical (unpaired) electrons. The number of hydrogen-bond donors (Lipinski definition) is 2. The number of rotatable bonds is 2. The van der Waals surface area contributed by atoms with Gasteiger partial charge in [-0.25, -0.2) is 9.97 Å². The van der Waals surface area contributed by atoms with E-state index >= 15 is 0 Å². The molecule has 6 heteroatoms. The van der Waals surface area contributed by atoms with Crippen molar-refractivity contribution in [2.24, 2.45) is 0 Å². The van der Waals surface area contributed by atoms with Crippen molar-refractivity contribution in [3.05, 3.63) is 67.3 Å². The Morgan fingerprint density at radius 1 is 0.960 bits per heavy atom. The molecule has 0 saturated carbocycles. The second kappa shape index (κ2) is 5.17. The fourth-order valence-corrected chi connectivity index (χ4v) is 3.05. The zero-order valence-corrected chi connectivity index (χ0v) is 13.1. The van der Waals surface area contributed by atoms with E-state index in [1.807, 2.05) is 53.1 Å². The number of fused-ring (bicyclic) bond motifs is 2. The van der Waals surface area contributed by atoms with Crippen LogP contribution in [0.5, 0.6) is 5.75 Å². The monoisotopic (exact) mass is 327 g/mol. The van der Waals surface area contributed by atoms with Crippen molar-refractivity contribution in [3.63, 3.8) is 0 Å². The van der Waals surface area contributed by atoms with Crippen LogP contribution in [0.25, 0.3) is 39.1 Å². The minimum atomic E-state index is 0.151. The van der Waals surface area contributed by atoms with Crippen molar-refractivity contribution in [1.82, 2.24) is 24.5 Å². The number of para-hydroxylation sites is 3. The predicted octanol–water partition coefficient (Wildman–Crippen LogP) is 3.67. The molecular formula is C19H13N5O. The Kier molecular flexibility index (Phi) is 2.84. The van der Waals surface area contributed by atoms with Crippen LogP contribution in [-0.4, -0.2) is 29.6 Å². The summed E-state index contributed by atoms with van der Waals surface area (Å²) >= 11 is 0. The van der Waals surface area contributed by atoms with Gasteiger partial charge in [-0.05, 0) is 30.3 Å². The summed E-state index contributed by atoms with van der Waals surface area (Å²) in [6, 6.07) is 15.2. The third kappa shape index (κ3) is 2.08. The molecule has 5 aromatic rings. The van der Waals surface area contributed by atoms with Crippen LogP contribution < -0.4 is 0 Å². The van der Waals surface area contributed by atoms with Gasteiger partial charge in [0.15, 0.2) is 5.75 Å². The van der Waals surface area contributed by atoms with Gasteiger partial charge < -0.3 is 10.1 Å². The Labute approximate surface area is 142 Å². The Morgan fingerprint density at radius 3 is 2.80 bits per heavy atom. The number of phenolic OH excluding ortho intramolecular Hbond substituents is 1. The number of imidazole rings is 2. The number of aromatic hydroxyl groups is 1.